The van der Waals surface area contributed by atoms with Crippen LogP contribution in [0, 0.1) is 5.92 Å². The number of nitrogens with zero attached hydrogens (tertiary/aromatic N) is 1. The fourth-order valence-corrected chi connectivity index (χ4v) is 3.70. The SMILES string of the molecule is O=C1[C@@H](OCc2ccccc2)[C@H](COCc2ccccc2)[C@H]2C=CCN12. The van der Waals surface area contributed by atoms with Gasteiger partial charge in [-0.15, -0.1) is 0 Å². The Kier molecular flexibility index (Phi) is 5.14. The lowest BCUT2D eigenvalue weighted by Crippen LogP contribution is -2.32. The average Bonchev–Trinajstić information content (AvgIpc) is 3.25. The number of rotatable bonds is 7. The van der Waals surface area contributed by atoms with Crippen LogP contribution >= 0.6 is 0 Å². The quantitative estimate of drug-likeness (QED) is 0.721. The van der Waals surface area contributed by atoms with Gasteiger partial charge in [-0.3, -0.25) is 4.79 Å². The first-order valence-corrected chi connectivity index (χ1v) is 9.07. The molecule has 2 aliphatic rings. The number of amides is 1. The zero-order valence-corrected chi connectivity index (χ0v) is 14.7. The molecule has 0 aliphatic carbocycles. The van der Waals surface area contributed by atoms with Crippen molar-refractivity contribution in [3.63, 3.8) is 0 Å². The molecular formula is C22H23NO3. The van der Waals surface area contributed by atoms with Gasteiger partial charge in [0.05, 0.1) is 25.9 Å². The van der Waals surface area contributed by atoms with Crippen molar-refractivity contribution >= 4 is 5.91 Å². The molecule has 134 valence electrons. The highest BCUT2D eigenvalue weighted by Gasteiger charge is 2.48. The number of carbonyl (C=O) groups is 1. The molecule has 3 atom stereocenters. The molecule has 2 aromatic carbocycles. The number of carbonyl (C=O) groups excluding carboxylic acids is 1. The summed E-state index contributed by atoms with van der Waals surface area (Å²) in [6.45, 7) is 2.17. The monoisotopic (exact) mass is 349 g/mol. The summed E-state index contributed by atoms with van der Waals surface area (Å²) >= 11 is 0. The van der Waals surface area contributed by atoms with Crippen molar-refractivity contribution in [2.24, 2.45) is 5.92 Å². The van der Waals surface area contributed by atoms with Gasteiger partial charge in [0.25, 0.3) is 5.91 Å². The number of ether oxygens (including phenoxy) is 2. The van der Waals surface area contributed by atoms with E-state index in [9.17, 15) is 4.79 Å². The Balaban J connectivity index is 1.40. The maximum atomic E-state index is 12.8. The summed E-state index contributed by atoms with van der Waals surface area (Å²) in [5.74, 6) is 0.0953. The predicted molar refractivity (Wildman–Crippen MR) is 99.2 cm³/mol. The lowest BCUT2D eigenvalue weighted by Gasteiger charge is -2.21. The predicted octanol–water partition coefficient (Wildman–Crippen LogP) is 3.19. The summed E-state index contributed by atoms with van der Waals surface area (Å²) in [6.07, 6.45) is 3.72. The molecule has 4 rings (SSSR count). The van der Waals surface area contributed by atoms with Gasteiger partial charge in [0.15, 0.2) is 0 Å². The third-order valence-electron chi connectivity index (χ3n) is 5.04. The van der Waals surface area contributed by atoms with Crippen LogP contribution in [0.5, 0.6) is 0 Å². The molecule has 2 aliphatic heterocycles. The first-order chi connectivity index (χ1) is 12.8. The van der Waals surface area contributed by atoms with Gasteiger partial charge in [0, 0.05) is 12.5 Å². The Morgan fingerprint density at radius 1 is 0.923 bits per heavy atom. The minimum Gasteiger partial charge on any atom is -0.376 e. The van der Waals surface area contributed by atoms with E-state index in [2.05, 4.69) is 12.2 Å². The van der Waals surface area contributed by atoms with E-state index in [4.69, 9.17) is 9.47 Å². The topological polar surface area (TPSA) is 38.8 Å². The molecule has 1 saturated heterocycles. The molecule has 1 fully saturated rings. The molecule has 2 aromatic rings. The minimum atomic E-state index is -0.444. The highest BCUT2D eigenvalue weighted by molar-refractivity contribution is 5.85. The third-order valence-corrected chi connectivity index (χ3v) is 5.04. The molecule has 4 heteroatoms. The van der Waals surface area contributed by atoms with Crippen molar-refractivity contribution in [2.45, 2.75) is 25.4 Å². The van der Waals surface area contributed by atoms with Crippen LogP contribution in [0.3, 0.4) is 0 Å². The van der Waals surface area contributed by atoms with Crippen molar-refractivity contribution in [1.82, 2.24) is 4.90 Å². The molecule has 1 amide bonds. The molecular weight excluding hydrogens is 326 g/mol. The van der Waals surface area contributed by atoms with Gasteiger partial charge in [-0.2, -0.15) is 0 Å². The van der Waals surface area contributed by atoms with E-state index in [0.717, 1.165) is 11.1 Å². The zero-order valence-electron chi connectivity index (χ0n) is 14.7. The van der Waals surface area contributed by atoms with Gasteiger partial charge in [-0.1, -0.05) is 72.8 Å². The first-order valence-electron chi connectivity index (χ1n) is 9.07. The molecule has 0 spiro atoms. The van der Waals surface area contributed by atoms with Crippen LogP contribution in [0.2, 0.25) is 0 Å². The van der Waals surface area contributed by atoms with Crippen LogP contribution < -0.4 is 0 Å². The summed E-state index contributed by atoms with van der Waals surface area (Å²) in [5, 5.41) is 0. The summed E-state index contributed by atoms with van der Waals surface area (Å²) in [4.78, 5) is 14.7. The van der Waals surface area contributed by atoms with E-state index >= 15 is 0 Å². The van der Waals surface area contributed by atoms with Crippen molar-refractivity contribution in [3.8, 4) is 0 Å². The van der Waals surface area contributed by atoms with Crippen LogP contribution in [0.25, 0.3) is 0 Å². The Morgan fingerprint density at radius 3 is 2.27 bits per heavy atom. The lowest BCUT2D eigenvalue weighted by atomic mass is 9.99. The largest absolute Gasteiger partial charge is 0.376 e. The Hall–Kier alpha value is -2.43. The van der Waals surface area contributed by atoms with E-state index < -0.39 is 6.10 Å². The summed E-state index contributed by atoms with van der Waals surface area (Å²) in [7, 11) is 0. The molecule has 0 radical (unpaired) electrons. The molecule has 0 unspecified atom stereocenters. The van der Waals surface area contributed by atoms with Crippen LogP contribution in [-0.4, -0.2) is 36.1 Å². The van der Waals surface area contributed by atoms with E-state index in [0.29, 0.717) is 26.4 Å². The zero-order chi connectivity index (χ0) is 17.8. The van der Waals surface area contributed by atoms with Crippen LogP contribution in [-0.2, 0) is 27.5 Å². The Bertz CT molecular complexity index is 759. The van der Waals surface area contributed by atoms with E-state index in [-0.39, 0.29) is 17.9 Å². The second-order valence-corrected chi connectivity index (χ2v) is 6.79. The molecule has 2 heterocycles. The molecule has 0 N–H and O–H groups in total. The normalized spacial score (nSPS) is 24.2. The van der Waals surface area contributed by atoms with Crippen LogP contribution in [0.1, 0.15) is 11.1 Å². The molecule has 4 nitrogen and oxygen atoms in total. The Morgan fingerprint density at radius 2 is 1.58 bits per heavy atom. The van der Waals surface area contributed by atoms with E-state index in [1.165, 1.54) is 0 Å². The maximum absolute atomic E-state index is 12.8. The van der Waals surface area contributed by atoms with Crippen molar-refractivity contribution < 1.29 is 14.3 Å². The molecule has 0 saturated carbocycles. The second kappa shape index (κ2) is 7.85. The number of fused-ring (bicyclic) bond motifs is 1. The van der Waals surface area contributed by atoms with Gasteiger partial charge in [0.2, 0.25) is 0 Å². The fourth-order valence-electron chi connectivity index (χ4n) is 3.70. The van der Waals surface area contributed by atoms with E-state index in [1.807, 2.05) is 65.6 Å². The Labute approximate surface area is 154 Å². The summed E-state index contributed by atoms with van der Waals surface area (Å²) in [5.41, 5.74) is 2.21. The number of benzene rings is 2. The highest BCUT2D eigenvalue weighted by Crippen LogP contribution is 2.33. The molecule has 0 aromatic heterocycles. The van der Waals surface area contributed by atoms with Crippen molar-refractivity contribution in [3.05, 3.63) is 83.9 Å². The van der Waals surface area contributed by atoms with Gasteiger partial charge in [-0.25, -0.2) is 0 Å². The van der Waals surface area contributed by atoms with Crippen molar-refractivity contribution in [1.29, 1.82) is 0 Å². The molecule has 0 bridgehead atoms. The highest BCUT2D eigenvalue weighted by atomic mass is 16.5. The smallest absolute Gasteiger partial charge is 0.252 e. The fraction of sp³-hybridized carbons (Fsp3) is 0.318. The van der Waals surface area contributed by atoms with Crippen LogP contribution in [0.4, 0.5) is 0 Å². The van der Waals surface area contributed by atoms with E-state index in [1.54, 1.807) is 0 Å². The van der Waals surface area contributed by atoms with Gasteiger partial charge in [-0.05, 0) is 11.1 Å². The minimum absolute atomic E-state index is 0.0219. The summed E-state index contributed by atoms with van der Waals surface area (Å²) < 4.78 is 12.0. The van der Waals surface area contributed by atoms with Crippen LogP contribution in [0.15, 0.2) is 72.8 Å². The average molecular weight is 349 g/mol. The van der Waals surface area contributed by atoms with Gasteiger partial charge < -0.3 is 14.4 Å². The van der Waals surface area contributed by atoms with Crippen molar-refractivity contribution in [2.75, 3.05) is 13.2 Å². The maximum Gasteiger partial charge on any atom is 0.252 e. The summed E-state index contributed by atoms with van der Waals surface area (Å²) in [6, 6.07) is 20.2. The van der Waals surface area contributed by atoms with Gasteiger partial charge in [0.1, 0.15) is 6.10 Å². The first kappa shape index (κ1) is 17.0. The van der Waals surface area contributed by atoms with Gasteiger partial charge >= 0.3 is 0 Å². The number of hydrogen-bond donors (Lipinski definition) is 0. The third kappa shape index (κ3) is 3.57. The standard InChI is InChI=1S/C22H23NO3/c24-22-21(26-15-18-10-5-2-6-11-18)19(20-12-7-13-23(20)22)16-25-14-17-8-3-1-4-9-17/h1-12,19-21H,13-16H2/t19-,20-,21+/m1/s1. The second-order valence-electron chi connectivity index (χ2n) is 6.79. The molecule has 26 heavy (non-hydrogen) atoms. The number of hydrogen-bond acceptors (Lipinski definition) is 3. The lowest BCUT2D eigenvalue weighted by molar-refractivity contribution is -0.139.